The van der Waals surface area contributed by atoms with Crippen LogP contribution in [-0.4, -0.2) is 62.2 Å². The molecule has 0 unspecified atom stereocenters. The van der Waals surface area contributed by atoms with Gasteiger partial charge in [-0.1, -0.05) is 11.6 Å². The smallest absolute Gasteiger partial charge is 0.409 e. The molecule has 0 saturated carbocycles. The zero-order valence-corrected chi connectivity index (χ0v) is 12.6. The fraction of sp³-hybridized carbons (Fsp3) is 0.467. The molecule has 114 valence electrons. The normalized spacial score (nSPS) is 14.8. The van der Waals surface area contributed by atoms with Crippen LogP contribution in [0.2, 0.25) is 0 Å². The molecule has 6 nitrogen and oxygen atoms in total. The Bertz CT molecular complexity index is 536. The maximum atomic E-state index is 12.6. The summed E-state index contributed by atoms with van der Waals surface area (Å²) >= 11 is 0. The first-order chi connectivity index (χ1) is 10.1. The van der Waals surface area contributed by atoms with Gasteiger partial charge in [-0.05, 0) is 19.1 Å². The molecule has 0 aliphatic carbocycles. The first kappa shape index (κ1) is 15.2. The van der Waals surface area contributed by atoms with Crippen LogP contribution in [0.4, 0.5) is 4.79 Å². The van der Waals surface area contributed by atoms with Crippen LogP contribution in [0.3, 0.4) is 0 Å². The second kappa shape index (κ2) is 6.47. The van der Waals surface area contributed by atoms with Crippen LogP contribution < -0.4 is 4.74 Å². The zero-order chi connectivity index (χ0) is 15.4. The Balaban J connectivity index is 2.09. The van der Waals surface area contributed by atoms with Crippen molar-refractivity contribution in [3.05, 3.63) is 29.3 Å². The van der Waals surface area contributed by atoms with Crippen molar-refractivity contribution in [1.82, 2.24) is 9.80 Å². The molecule has 0 bridgehead atoms. The molecule has 21 heavy (non-hydrogen) atoms. The van der Waals surface area contributed by atoms with Crippen LogP contribution in [0, 0.1) is 6.92 Å². The average molecular weight is 292 g/mol. The monoisotopic (exact) mass is 292 g/mol. The third-order valence-electron chi connectivity index (χ3n) is 3.59. The van der Waals surface area contributed by atoms with Gasteiger partial charge in [-0.3, -0.25) is 4.79 Å². The first-order valence-electron chi connectivity index (χ1n) is 6.83. The van der Waals surface area contributed by atoms with Crippen molar-refractivity contribution in [3.63, 3.8) is 0 Å². The third-order valence-corrected chi connectivity index (χ3v) is 3.59. The van der Waals surface area contributed by atoms with Gasteiger partial charge in [0.25, 0.3) is 5.91 Å². The van der Waals surface area contributed by atoms with E-state index in [-0.39, 0.29) is 12.0 Å². The molecule has 6 heteroatoms. The predicted molar refractivity (Wildman–Crippen MR) is 77.6 cm³/mol. The molecule has 2 amide bonds. The number of rotatable bonds is 2. The summed E-state index contributed by atoms with van der Waals surface area (Å²) in [6.45, 7) is 3.88. The lowest BCUT2D eigenvalue weighted by Gasteiger charge is -2.34. The Kier molecular flexibility index (Phi) is 4.67. The van der Waals surface area contributed by atoms with Crippen LogP contribution in [0.5, 0.6) is 5.75 Å². The van der Waals surface area contributed by atoms with Crippen molar-refractivity contribution in [1.29, 1.82) is 0 Å². The van der Waals surface area contributed by atoms with Crippen LogP contribution in [0.25, 0.3) is 0 Å². The maximum Gasteiger partial charge on any atom is 0.409 e. The summed E-state index contributed by atoms with van der Waals surface area (Å²) in [6, 6.07) is 5.53. The molecule has 1 aromatic carbocycles. The third kappa shape index (κ3) is 3.26. The topological polar surface area (TPSA) is 59.1 Å². The standard InChI is InChI=1S/C15H20N2O4/c1-11-4-5-13(20-2)12(10-11)14(18)16-6-8-17(9-7-16)15(19)21-3/h4-5,10H,6-9H2,1-3H3. The second-order valence-electron chi connectivity index (χ2n) is 4.95. The largest absolute Gasteiger partial charge is 0.496 e. The van der Waals surface area contributed by atoms with E-state index < -0.39 is 0 Å². The molecule has 1 heterocycles. The molecule has 0 atom stereocenters. The van der Waals surface area contributed by atoms with Crippen molar-refractivity contribution in [2.24, 2.45) is 0 Å². The number of ether oxygens (including phenoxy) is 2. The number of methoxy groups -OCH3 is 2. The summed E-state index contributed by atoms with van der Waals surface area (Å²) in [4.78, 5) is 27.4. The van der Waals surface area contributed by atoms with Crippen LogP contribution in [0.1, 0.15) is 15.9 Å². The molecule has 1 aliphatic rings. The van der Waals surface area contributed by atoms with E-state index in [2.05, 4.69) is 4.74 Å². The van der Waals surface area contributed by atoms with Gasteiger partial charge >= 0.3 is 6.09 Å². The predicted octanol–water partition coefficient (Wildman–Crippen LogP) is 1.53. The van der Waals surface area contributed by atoms with Gasteiger partial charge in [0.15, 0.2) is 0 Å². The molecule has 0 N–H and O–H groups in total. The molecule has 1 aliphatic heterocycles. The number of piperazine rings is 1. The van der Waals surface area contributed by atoms with Crippen molar-refractivity contribution in [2.75, 3.05) is 40.4 Å². The van der Waals surface area contributed by atoms with Gasteiger partial charge in [0.2, 0.25) is 0 Å². The van der Waals surface area contributed by atoms with Crippen molar-refractivity contribution in [2.45, 2.75) is 6.92 Å². The number of hydrogen-bond acceptors (Lipinski definition) is 4. The summed E-state index contributed by atoms with van der Waals surface area (Å²) in [5.41, 5.74) is 1.57. The number of nitrogens with zero attached hydrogens (tertiary/aromatic N) is 2. The van der Waals surface area contributed by atoms with Gasteiger partial charge in [-0.15, -0.1) is 0 Å². The van der Waals surface area contributed by atoms with E-state index in [1.807, 2.05) is 19.1 Å². The Labute approximate surface area is 124 Å². The van der Waals surface area contributed by atoms with Gasteiger partial charge in [-0.2, -0.15) is 0 Å². The van der Waals surface area contributed by atoms with E-state index in [0.29, 0.717) is 37.5 Å². The van der Waals surface area contributed by atoms with Crippen molar-refractivity contribution >= 4 is 12.0 Å². The molecule has 1 fully saturated rings. The molecule has 1 aromatic rings. The van der Waals surface area contributed by atoms with Crippen LogP contribution >= 0.6 is 0 Å². The van der Waals surface area contributed by atoms with E-state index in [0.717, 1.165) is 5.56 Å². The first-order valence-corrected chi connectivity index (χ1v) is 6.83. The minimum absolute atomic E-state index is 0.0694. The molecule has 0 aromatic heterocycles. The SMILES string of the molecule is COC(=O)N1CCN(C(=O)c2cc(C)ccc2OC)CC1. The summed E-state index contributed by atoms with van der Waals surface area (Å²) in [5, 5.41) is 0. The van der Waals surface area contributed by atoms with E-state index in [1.54, 1.807) is 23.0 Å². The fourth-order valence-corrected chi connectivity index (χ4v) is 2.38. The Hall–Kier alpha value is -2.24. The molecule has 0 spiro atoms. The summed E-state index contributed by atoms with van der Waals surface area (Å²) < 4.78 is 9.94. The highest BCUT2D eigenvalue weighted by molar-refractivity contribution is 5.97. The Morgan fingerprint density at radius 2 is 1.67 bits per heavy atom. The molecule has 2 rings (SSSR count). The molecular weight excluding hydrogens is 272 g/mol. The van der Waals surface area contributed by atoms with Crippen molar-refractivity contribution in [3.8, 4) is 5.75 Å². The van der Waals surface area contributed by atoms with Gasteiger partial charge in [0, 0.05) is 26.2 Å². The minimum Gasteiger partial charge on any atom is -0.496 e. The highest BCUT2D eigenvalue weighted by Crippen LogP contribution is 2.22. The van der Waals surface area contributed by atoms with E-state index in [4.69, 9.17) is 4.74 Å². The van der Waals surface area contributed by atoms with Crippen molar-refractivity contribution < 1.29 is 19.1 Å². The highest BCUT2D eigenvalue weighted by atomic mass is 16.5. The number of carbonyl (C=O) groups excluding carboxylic acids is 2. The second-order valence-corrected chi connectivity index (χ2v) is 4.95. The van der Waals surface area contributed by atoms with Gasteiger partial charge < -0.3 is 19.3 Å². The quantitative estimate of drug-likeness (QED) is 0.829. The summed E-state index contributed by atoms with van der Waals surface area (Å²) in [7, 11) is 2.91. The number of carbonyl (C=O) groups is 2. The zero-order valence-electron chi connectivity index (χ0n) is 12.6. The molecule has 0 radical (unpaired) electrons. The summed E-state index contributed by atoms with van der Waals surface area (Å²) in [6.07, 6.45) is -0.352. The lowest BCUT2D eigenvalue weighted by molar-refractivity contribution is 0.0597. The highest BCUT2D eigenvalue weighted by Gasteiger charge is 2.26. The van der Waals surface area contributed by atoms with Crippen LogP contribution in [-0.2, 0) is 4.74 Å². The van der Waals surface area contributed by atoms with Gasteiger partial charge in [0.1, 0.15) is 5.75 Å². The maximum absolute atomic E-state index is 12.6. The average Bonchev–Trinajstić information content (AvgIpc) is 2.53. The lowest BCUT2D eigenvalue weighted by Crippen LogP contribution is -2.50. The van der Waals surface area contributed by atoms with Gasteiger partial charge in [0.05, 0.1) is 19.8 Å². The molecule has 1 saturated heterocycles. The van der Waals surface area contributed by atoms with E-state index in [9.17, 15) is 9.59 Å². The Morgan fingerprint density at radius 3 is 2.24 bits per heavy atom. The van der Waals surface area contributed by atoms with Gasteiger partial charge in [-0.25, -0.2) is 4.79 Å². The lowest BCUT2D eigenvalue weighted by atomic mass is 10.1. The van der Waals surface area contributed by atoms with E-state index >= 15 is 0 Å². The Morgan fingerprint density at radius 1 is 1.05 bits per heavy atom. The number of aryl methyl sites for hydroxylation is 1. The summed E-state index contributed by atoms with van der Waals surface area (Å²) in [5.74, 6) is 0.501. The van der Waals surface area contributed by atoms with E-state index in [1.165, 1.54) is 7.11 Å². The van der Waals surface area contributed by atoms with Crippen LogP contribution in [0.15, 0.2) is 18.2 Å². The number of amides is 2. The number of hydrogen-bond donors (Lipinski definition) is 0. The number of benzene rings is 1. The molecular formula is C15H20N2O4. The minimum atomic E-state index is -0.352. The fourth-order valence-electron chi connectivity index (χ4n) is 2.38.